The van der Waals surface area contributed by atoms with Crippen LogP contribution in [0, 0.1) is 0 Å². The van der Waals surface area contributed by atoms with Gasteiger partial charge in [-0.25, -0.2) is 0 Å². The summed E-state index contributed by atoms with van der Waals surface area (Å²) in [5.41, 5.74) is 4.29. The van der Waals surface area contributed by atoms with E-state index in [9.17, 15) is 4.79 Å². The second-order valence-electron chi connectivity index (χ2n) is 6.88. The fourth-order valence-corrected chi connectivity index (χ4v) is 3.26. The third-order valence-corrected chi connectivity index (χ3v) is 4.65. The van der Waals surface area contributed by atoms with Gasteiger partial charge in [-0.1, -0.05) is 32.0 Å². The summed E-state index contributed by atoms with van der Waals surface area (Å²) in [7, 11) is 0. The lowest BCUT2D eigenvalue weighted by Crippen LogP contribution is -2.22. The Morgan fingerprint density at radius 1 is 1.04 bits per heavy atom. The lowest BCUT2D eigenvalue weighted by atomic mass is 10.0. The number of carbonyl (C=O) groups excluding carboxylic acids is 1. The van der Waals surface area contributed by atoms with Crippen LogP contribution in [0.5, 0.6) is 0 Å². The summed E-state index contributed by atoms with van der Waals surface area (Å²) in [4.78, 5) is 14.7. The van der Waals surface area contributed by atoms with Gasteiger partial charge in [0.15, 0.2) is 0 Å². The first-order valence-electron chi connectivity index (χ1n) is 9.11. The van der Waals surface area contributed by atoms with Gasteiger partial charge >= 0.3 is 0 Å². The van der Waals surface area contributed by atoms with Crippen molar-refractivity contribution in [1.82, 2.24) is 0 Å². The maximum absolute atomic E-state index is 12.3. The van der Waals surface area contributed by atoms with E-state index in [0.29, 0.717) is 5.92 Å². The van der Waals surface area contributed by atoms with Crippen LogP contribution in [0.25, 0.3) is 0 Å². The largest absolute Gasteiger partial charge is 0.376 e. The zero-order valence-corrected chi connectivity index (χ0v) is 15.1. The van der Waals surface area contributed by atoms with E-state index in [-0.39, 0.29) is 12.5 Å². The summed E-state index contributed by atoms with van der Waals surface area (Å²) in [5.74, 6) is 0.347. The Kier molecular flexibility index (Phi) is 5.59. The van der Waals surface area contributed by atoms with E-state index in [4.69, 9.17) is 0 Å². The normalized spacial score (nSPS) is 14.0. The highest BCUT2D eigenvalue weighted by Gasteiger charge is 2.12. The summed E-state index contributed by atoms with van der Waals surface area (Å²) in [6.45, 7) is 6.81. The van der Waals surface area contributed by atoms with E-state index < -0.39 is 0 Å². The molecule has 0 saturated carbocycles. The first-order chi connectivity index (χ1) is 12.1. The highest BCUT2D eigenvalue weighted by molar-refractivity contribution is 5.94. The Morgan fingerprint density at radius 2 is 1.72 bits per heavy atom. The van der Waals surface area contributed by atoms with Crippen LogP contribution in [0.4, 0.5) is 17.1 Å². The number of carbonyl (C=O) groups is 1. The van der Waals surface area contributed by atoms with Crippen LogP contribution in [0.3, 0.4) is 0 Å². The fourth-order valence-electron chi connectivity index (χ4n) is 3.26. The zero-order chi connectivity index (χ0) is 17.6. The Bertz CT molecular complexity index is 703. The number of amides is 1. The van der Waals surface area contributed by atoms with Gasteiger partial charge in [0.25, 0.3) is 0 Å². The van der Waals surface area contributed by atoms with Crippen molar-refractivity contribution in [2.24, 2.45) is 0 Å². The average Bonchev–Trinajstić information content (AvgIpc) is 3.15. The summed E-state index contributed by atoms with van der Waals surface area (Å²) in [6, 6.07) is 16.3. The summed E-state index contributed by atoms with van der Waals surface area (Å²) < 4.78 is 0. The molecule has 4 heteroatoms. The molecule has 0 atom stereocenters. The molecule has 0 radical (unpaired) electrons. The molecule has 0 bridgehead atoms. The minimum atomic E-state index is -0.0308. The minimum absolute atomic E-state index is 0.0308. The highest BCUT2D eigenvalue weighted by atomic mass is 16.1. The van der Waals surface area contributed by atoms with Crippen LogP contribution >= 0.6 is 0 Å². The molecule has 2 N–H and O–H groups in total. The number of hydrogen-bond acceptors (Lipinski definition) is 3. The molecule has 1 amide bonds. The molecule has 132 valence electrons. The molecule has 0 aliphatic carbocycles. The molecule has 2 aromatic rings. The van der Waals surface area contributed by atoms with E-state index in [0.717, 1.165) is 30.0 Å². The predicted molar refractivity (Wildman–Crippen MR) is 106 cm³/mol. The van der Waals surface area contributed by atoms with Gasteiger partial charge in [-0.2, -0.15) is 0 Å². The quantitative estimate of drug-likeness (QED) is 0.818. The molecule has 1 heterocycles. The van der Waals surface area contributed by atoms with Crippen molar-refractivity contribution in [2.75, 3.05) is 35.2 Å². The van der Waals surface area contributed by atoms with Crippen molar-refractivity contribution in [3.8, 4) is 0 Å². The molecule has 1 aliphatic rings. The van der Waals surface area contributed by atoms with Crippen LogP contribution in [0.1, 0.15) is 38.2 Å². The lowest BCUT2D eigenvalue weighted by molar-refractivity contribution is -0.114. The van der Waals surface area contributed by atoms with Gasteiger partial charge in [0.05, 0.1) is 6.54 Å². The topological polar surface area (TPSA) is 44.4 Å². The van der Waals surface area contributed by atoms with Gasteiger partial charge in [0, 0.05) is 30.2 Å². The Balaban J connectivity index is 1.54. The molecule has 1 fully saturated rings. The second-order valence-corrected chi connectivity index (χ2v) is 6.88. The Hall–Kier alpha value is -2.49. The van der Waals surface area contributed by atoms with Crippen molar-refractivity contribution in [2.45, 2.75) is 32.6 Å². The second kappa shape index (κ2) is 8.06. The monoisotopic (exact) mass is 337 g/mol. The van der Waals surface area contributed by atoms with E-state index in [1.165, 1.54) is 18.5 Å². The maximum Gasteiger partial charge on any atom is 0.243 e. The molecule has 25 heavy (non-hydrogen) atoms. The van der Waals surface area contributed by atoms with Gasteiger partial charge in [0.2, 0.25) is 5.91 Å². The zero-order valence-electron chi connectivity index (χ0n) is 15.1. The number of rotatable bonds is 6. The number of benzene rings is 2. The van der Waals surface area contributed by atoms with Crippen molar-refractivity contribution in [3.63, 3.8) is 0 Å². The molecule has 0 unspecified atom stereocenters. The summed E-state index contributed by atoms with van der Waals surface area (Å²) >= 11 is 0. The fraction of sp³-hybridized carbons (Fsp3) is 0.381. The summed E-state index contributed by atoms with van der Waals surface area (Å²) in [5, 5.41) is 6.21. The molecule has 2 aromatic carbocycles. The van der Waals surface area contributed by atoms with Crippen LogP contribution in [-0.4, -0.2) is 25.5 Å². The van der Waals surface area contributed by atoms with E-state index >= 15 is 0 Å². The van der Waals surface area contributed by atoms with Crippen LogP contribution < -0.4 is 15.5 Å². The van der Waals surface area contributed by atoms with E-state index in [2.05, 4.69) is 47.6 Å². The SMILES string of the molecule is CC(C)c1ccccc1NC(=O)CNc1ccc(N2CCCC2)cc1. The number of para-hydroxylation sites is 1. The number of nitrogens with one attached hydrogen (secondary N) is 2. The van der Waals surface area contributed by atoms with Crippen LogP contribution in [0.15, 0.2) is 48.5 Å². The predicted octanol–water partition coefficient (Wildman–Crippen LogP) is 4.46. The number of hydrogen-bond donors (Lipinski definition) is 2. The standard InChI is InChI=1S/C21H27N3O/c1-16(2)19-7-3-4-8-20(19)23-21(25)15-22-17-9-11-18(12-10-17)24-13-5-6-14-24/h3-4,7-12,16,22H,5-6,13-15H2,1-2H3,(H,23,25). The molecule has 1 saturated heterocycles. The van der Waals surface area contributed by atoms with Gasteiger partial charge in [-0.3, -0.25) is 4.79 Å². The molecular weight excluding hydrogens is 310 g/mol. The first-order valence-corrected chi connectivity index (χ1v) is 9.11. The van der Waals surface area contributed by atoms with E-state index in [1.54, 1.807) is 0 Å². The average molecular weight is 337 g/mol. The van der Waals surface area contributed by atoms with Crippen LogP contribution in [-0.2, 0) is 4.79 Å². The van der Waals surface area contributed by atoms with Crippen LogP contribution in [0.2, 0.25) is 0 Å². The molecule has 1 aliphatic heterocycles. The Labute approximate surface area is 150 Å². The molecule has 3 rings (SSSR count). The number of nitrogens with zero attached hydrogens (tertiary/aromatic N) is 1. The molecule has 0 aromatic heterocycles. The first kappa shape index (κ1) is 17.3. The Morgan fingerprint density at radius 3 is 2.40 bits per heavy atom. The number of anilines is 3. The molecular formula is C21H27N3O. The van der Waals surface area contributed by atoms with Gasteiger partial charge in [0.1, 0.15) is 0 Å². The third-order valence-electron chi connectivity index (χ3n) is 4.65. The smallest absolute Gasteiger partial charge is 0.243 e. The van der Waals surface area contributed by atoms with Gasteiger partial charge in [-0.05, 0) is 54.7 Å². The van der Waals surface area contributed by atoms with Crippen molar-refractivity contribution < 1.29 is 4.79 Å². The summed E-state index contributed by atoms with van der Waals surface area (Å²) in [6.07, 6.45) is 2.55. The highest BCUT2D eigenvalue weighted by Crippen LogP contribution is 2.24. The van der Waals surface area contributed by atoms with Crippen molar-refractivity contribution in [1.29, 1.82) is 0 Å². The minimum Gasteiger partial charge on any atom is -0.376 e. The van der Waals surface area contributed by atoms with E-state index in [1.807, 2.05) is 30.3 Å². The molecule has 4 nitrogen and oxygen atoms in total. The van der Waals surface area contributed by atoms with Crippen molar-refractivity contribution in [3.05, 3.63) is 54.1 Å². The molecule has 0 spiro atoms. The third kappa shape index (κ3) is 4.53. The van der Waals surface area contributed by atoms with Gasteiger partial charge < -0.3 is 15.5 Å². The van der Waals surface area contributed by atoms with Crippen molar-refractivity contribution >= 4 is 23.0 Å². The van der Waals surface area contributed by atoms with Gasteiger partial charge in [-0.15, -0.1) is 0 Å². The lowest BCUT2D eigenvalue weighted by Gasteiger charge is -2.18. The maximum atomic E-state index is 12.3.